The van der Waals surface area contributed by atoms with Gasteiger partial charge in [0.25, 0.3) is 0 Å². The molecule has 2 aliphatic rings. The lowest BCUT2D eigenvalue weighted by Gasteiger charge is -2.29. The van der Waals surface area contributed by atoms with Crippen LogP contribution in [0.1, 0.15) is 26.2 Å². The van der Waals surface area contributed by atoms with Gasteiger partial charge in [0.1, 0.15) is 0 Å². The Kier molecular flexibility index (Phi) is 13.6. The van der Waals surface area contributed by atoms with Crippen molar-refractivity contribution >= 4 is 29.9 Å². The zero-order chi connectivity index (χ0) is 17.7. The predicted molar refractivity (Wildman–Crippen MR) is 116 cm³/mol. The van der Waals surface area contributed by atoms with Crippen molar-refractivity contribution in [3.05, 3.63) is 0 Å². The maximum absolute atomic E-state index is 5.67. The predicted octanol–water partition coefficient (Wildman–Crippen LogP) is 1.32. The second-order valence-electron chi connectivity index (χ2n) is 6.96. The van der Waals surface area contributed by atoms with E-state index >= 15 is 0 Å². The lowest BCUT2D eigenvalue weighted by molar-refractivity contribution is 0.0168. The highest BCUT2D eigenvalue weighted by atomic mass is 127. The van der Waals surface area contributed by atoms with Crippen molar-refractivity contribution in [1.82, 2.24) is 15.5 Å². The minimum Gasteiger partial charge on any atom is -0.379 e. The third-order valence-electron chi connectivity index (χ3n) is 4.60. The van der Waals surface area contributed by atoms with Crippen molar-refractivity contribution in [2.75, 3.05) is 72.8 Å². The monoisotopic (exact) mass is 484 g/mol. The Morgan fingerprint density at radius 2 is 2.08 bits per heavy atom. The minimum absolute atomic E-state index is 0. The standard InChI is InChI=1S/C18H36N4O3.HI/c1-16(14-22-7-11-23-12-8-22)13-21-18(19-2)20-6-4-9-24-15-17-5-3-10-25-17;/h16-17H,3-15H2,1-2H3,(H2,19,20,21);1H. The maximum Gasteiger partial charge on any atom is 0.190 e. The summed E-state index contributed by atoms with van der Waals surface area (Å²) >= 11 is 0. The van der Waals surface area contributed by atoms with Crippen LogP contribution in [0.3, 0.4) is 0 Å². The van der Waals surface area contributed by atoms with E-state index in [1.54, 1.807) is 0 Å². The number of hydrogen-bond donors (Lipinski definition) is 2. The Morgan fingerprint density at radius 1 is 1.27 bits per heavy atom. The van der Waals surface area contributed by atoms with Crippen LogP contribution < -0.4 is 10.6 Å². The number of nitrogens with one attached hydrogen (secondary N) is 2. The molecule has 0 radical (unpaired) electrons. The molecular formula is C18H37IN4O3. The minimum atomic E-state index is 0. The fourth-order valence-electron chi connectivity index (χ4n) is 3.15. The summed E-state index contributed by atoms with van der Waals surface area (Å²) in [5.74, 6) is 1.44. The third kappa shape index (κ3) is 10.2. The number of aliphatic imine (C=N–C) groups is 1. The molecule has 26 heavy (non-hydrogen) atoms. The molecule has 2 aliphatic heterocycles. The normalized spacial score (nSPS) is 22.7. The Bertz CT molecular complexity index is 375. The summed E-state index contributed by atoms with van der Waals surface area (Å²) < 4.78 is 16.6. The Balaban J connectivity index is 0.00000338. The molecular weight excluding hydrogens is 447 g/mol. The van der Waals surface area contributed by atoms with Crippen molar-refractivity contribution in [3.8, 4) is 0 Å². The summed E-state index contributed by atoms with van der Waals surface area (Å²) in [5.41, 5.74) is 0. The Labute approximate surface area is 175 Å². The molecule has 0 aromatic carbocycles. The van der Waals surface area contributed by atoms with E-state index in [1.807, 2.05) is 7.05 Å². The van der Waals surface area contributed by atoms with Crippen molar-refractivity contribution in [2.45, 2.75) is 32.3 Å². The first kappa shape index (κ1) is 23.9. The van der Waals surface area contributed by atoms with Gasteiger partial charge in [0.15, 0.2) is 5.96 Å². The summed E-state index contributed by atoms with van der Waals surface area (Å²) in [6, 6.07) is 0. The highest BCUT2D eigenvalue weighted by molar-refractivity contribution is 14.0. The van der Waals surface area contributed by atoms with Crippen LogP contribution in [0.4, 0.5) is 0 Å². The fraction of sp³-hybridized carbons (Fsp3) is 0.944. The van der Waals surface area contributed by atoms with Gasteiger partial charge in [0, 0.05) is 53.0 Å². The van der Waals surface area contributed by atoms with Gasteiger partial charge in [0.2, 0.25) is 0 Å². The molecule has 2 heterocycles. The number of rotatable bonds is 10. The molecule has 2 rings (SSSR count). The highest BCUT2D eigenvalue weighted by Gasteiger charge is 2.15. The molecule has 2 atom stereocenters. The highest BCUT2D eigenvalue weighted by Crippen LogP contribution is 2.11. The van der Waals surface area contributed by atoms with E-state index in [0.29, 0.717) is 12.0 Å². The fourth-order valence-corrected chi connectivity index (χ4v) is 3.15. The summed E-state index contributed by atoms with van der Waals surface area (Å²) in [5, 5.41) is 6.77. The molecule has 2 N–H and O–H groups in total. The van der Waals surface area contributed by atoms with E-state index in [1.165, 1.54) is 6.42 Å². The van der Waals surface area contributed by atoms with Crippen molar-refractivity contribution < 1.29 is 14.2 Å². The molecule has 2 saturated heterocycles. The lowest BCUT2D eigenvalue weighted by atomic mass is 10.1. The quantitative estimate of drug-likeness (QED) is 0.211. The third-order valence-corrected chi connectivity index (χ3v) is 4.60. The van der Waals surface area contributed by atoms with Crippen LogP contribution in [-0.2, 0) is 14.2 Å². The van der Waals surface area contributed by atoms with Crippen molar-refractivity contribution in [2.24, 2.45) is 10.9 Å². The summed E-state index contributed by atoms with van der Waals surface area (Å²) in [7, 11) is 1.82. The SMILES string of the molecule is CN=C(NCCCOCC1CCCO1)NCC(C)CN1CCOCC1.I. The van der Waals surface area contributed by atoms with Crippen molar-refractivity contribution in [3.63, 3.8) is 0 Å². The Hall–Kier alpha value is -0.160. The molecule has 0 aromatic rings. The van der Waals surface area contributed by atoms with E-state index in [0.717, 1.165) is 84.6 Å². The molecule has 0 amide bonds. The van der Waals surface area contributed by atoms with Crippen LogP contribution in [0, 0.1) is 5.92 Å². The van der Waals surface area contributed by atoms with Gasteiger partial charge < -0.3 is 24.8 Å². The first-order valence-electron chi connectivity index (χ1n) is 9.72. The molecule has 2 fully saturated rings. The smallest absolute Gasteiger partial charge is 0.190 e. The molecule has 0 aliphatic carbocycles. The number of halogens is 1. The largest absolute Gasteiger partial charge is 0.379 e. The first-order valence-corrected chi connectivity index (χ1v) is 9.72. The molecule has 7 nitrogen and oxygen atoms in total. The van der Waals surface area contributed by atoms with Gasteiger partial charge in [-0.25, -0.2) is 0 Å². The number of morpholine rings is 1. The van der Waals surface area contributed by atoms with Crippen LogP contribution >= 0.6 is 24.0 Å². The molecule has 0 aromatic heterocycles. The van der Waals surface area contributed by atoms with Crippen LogP contribution in [-0.4, -0.2) is 89.8 Å². The van der Waals surface area contributed by atoms with Gasteiger partial charge in [-0.15, -0.1) is 24.0 Å². The average molecular weight is 484 g/mol. The van der Waals surface area contributed by atoms with Gasteiger partial charge >= 0.3 is 0 Å². The second kappa shape index (κ2) is 14.8. The zero-order valence-electron chi connectivity index (χ0n) is 16.4. The molecule has 0 spiro atoms. The summed E-state index contributed by atoms with van der Waals surface area (Å²) in [6.07, 6.45) is 3.59. The number of guanidine groups is 1. The van der Waals surface area contributed by atoms with Crippen LogP contribution in [0.2, 0.25) is 0 Å². The van der Waals surface area contributed by atoms with Crippen LogP contribution in [0.25, 0.3) is 0 Å². The first-order chi connectivity index (χ1) is 12.3. The van der Waals surface area contributed by atoms with E-state index in [9.17, 15) is 0 Å². The molecule has 8 heteroatoms. The maximum atomic E-state index is 5.67. The van der Waals surface area contributed by atoms with Crippen LogP contribution in [0.15, 0.2) is 4.99 Å². The average Bonchev–Trinajstić information content (AvgIpc) is 3.15. The van der Waals surface area contributed by atoms with Gasteiger partial charge in [0.05, 0.1) is 25.9 Å². The van der Waals surface area contributed by atoms with E-state index in [2.05, 4.69) is 27.4 Å². The van der Waals surface area contributed by atoms with E-state index in [4.69, 9.17) is 14.2 Å². The van der Waals surface area contributed by atoms with Gasteiger partial charge in [-0.2, -0.15) is 0 Å². The van der Waals surface area contributed by atoms with Gasteiger partial charge in [-0.1, -0.05) is 6.92 Å². The van der Waals surface area contributed by atoms with E-state index < -0.39 is 0 Å². The zero-order valence-corrected chi connectivity index (χ0v) is 18.7. The molecule has 0 saturated carbocycles. The second-order valence-corrected chi connectivity index (χ2v) is 6.96. The molecule has 0 bridgehead atoms. The van der Waals surface area contributed by atoms with Gasteiger partial charge in [-0.05, 0) is 25.2 Å². The number of nitrogens with zero attached hydrogens (tertiary/aromatic N) is 2. The topological polar surface area (TPSA) is 67.4 Å². The number of hydrogen-bond acceptors (Lipinski definition) is 5. The Morgan fingerprint density at radius 3 is 2.77 bits per heavy atom. The number of ether oxygens (including phenoxy) is 3. The molecule has 2 unspecified atom stereocenters. The lowest BCUT2D eigenvalue weighted by Crippen LogP contribution is -2.44. The summed E-state index contributed by atoms with van der Waals surface area (Å²) in [6.45, 7) is 11.3. The molecule has 154 valence electrons. The van der Waals surface area contributed by atoms with Crippen LogP contribution in [0.5, 0.6) is 0 Å². The van der Waals surface area contributed by atoms with E-state index in [-0.39, 0.29) is 24.0 Å². The van der Waals surface area contributed by atoms with Gasteiger partial charge in [-0.3, -0.25) is 9.89 Å². The van der Waals surface area contributed by atoms with Crippen molar-refractivity contribution in [1.29, 1.82) is 0 Å². The summed E-state index contributed by atoms with van der Waals surface area (Å²) in [4.78, 5) is 6.76.